The molecule has 3 unspecified atom stereocenters. The molecule has 2 aliphatic heterocycles. The smallest absolute Gasteiger partial charge is 0.246 e. The molecule has 3 atom stereocenters. The molecule has 5 nitrogen and oxygen atoms in total. The fourth-order valence-electron chi connectivity index (χ4n) is 3.53. The van der Waals surface area contributed by atoms with Gasteiger partial charge in [0.05, 0.1) is 6.54 Å². The molecule has 5 heteroatoms. The van der Waals surface area contributed by atoms with E-state index < -0.39 is 0 Å². The average molecular weight is 265 g/mol. The van der Waals surface area contributed by atoms with Crippen LogP contribution in [-0.2, 0) is 9.59 Å². The van der Waals surface area contributed by atoms with Crippen LogP contribution in [0.2, 0.25) is 0 Å². The number of hydrogen-bond donors (Lipinski definition) is 1. The highest BCUT2D eigenvalue weighted by Gasteiger charge is 2.45. The maximum Gasteiger partial charge on any atom is 0.246 e. The number of hydrogen-bond acceptors (Lipinski definition) is 3. The van der Waals surface area contributed by atoms with E-state index in [2.05, 4.69) is 24.2 Å². The van der Waals surface area contributed by atoms with Gasteiger partial charge in [0.25, 0.3) is 0 Å². The third-order valence-electron chi connectivity index (χ3n) is 4.74. The predicted molar refractivity (Wildman–Crippen MR) is 71.4 cm³/mol. The Kier molecular flexibility index (Phi) is 3.25. The van der Waals surface area contributed by atoms with Crippen LogP contribution in [0.4, 0.5) is 0 Å². The molecule has 0 radical (unpaired) electrons. The van der Waals surface area contributed by atoms with E-state index in [9.17, 15) is 9.59 Å². The third-order valence-corrected chi connectivity index (χ3v) is 4.74. The Labute approximate surface area is 114 Å². The molecular weight excluding hydrogens is 242 g/mol. The van der Waals surface area contributed by atoms with Crippen molar-refractivity contribution in [1.29, 1.82) is 0 Å². The van der Waals surface area contributed by atoms with Gasteiger partial charge in [0.15, 0.2) is 0 Å². The van der Waals surface area contributed by atoms with Gasteiger partial charge in [-0.05, 0) is 44.7 Å². The molecule has 1 saturated carbocycles. The first kappa shape index (κ1) is 12.9. The summed E-state index contributed by atoms with van der Waals surface area (Å²) >= 11 is 0. The number of carbonyl (C=O) groups excluding carboxylic acids is 2. The van der Waals surface area contributed by atoms with Crippen molar-refractivity contribution in [3.05, 3.63) is 0 Å². The summed E-state index contributed by atoms with van der Waals surface area (Å²) in [5.41, 5.74) is 0. The summed E-state index contributed by atoms with van der Waals surface area (Å²) in [4.78, 5) is 28.6. The zero-order chi connectivity index (χ0) is 13.6. The zero-order valence-corrected chi connectivity index (χ0v) is 11.8. The van der Waals surface area contributed by atoms with Crippen molar-refractivity contribution in [2.75, 3.05) is 26.7 Å². The molecule has 3 aliphatic rings. The molecule has 0 spiro atoms. The Morgan fingerprint density at radius 2 is 1.95 bits per heavy atom. The van der Waals surface area contributed by atoms with Gasteiger partial charge in [-0.1, -0.05) is 6.92 Å². The van der Waals surface area contributed by atoms with Crippen LogP contribution in [0, 0.1) is 11.8 Å². The third kappa shape index (κ3) is 2.48. The second-order valence-corrected chi connectivity index (χ2v) is 6.44. The SMILES string of the molecule is CC1CN(C)CCC1N1CC(=O)NC(C2CC2)C1=O. The Morgan fingerprint density at radius 1 is 1.21 bits per heavy atom. The van der Waals surface area contributed by atoms with Gasteiger partial charge in [0.1, 0.15) is 6.04 Å². The lowest BCUT2D eigenvalue weighted by Gasteiger charge is -2.44. The van der Waals surface area contributed by atoms with Crippen molar-refractivity contribution >= 4 is 11.8 Å². The lowest BCUT2D eigenvalue weighted by Crippen LogP contribution is -2.63. The van der Waals surface area contributed by atoms with Crippen molar-refractivity contribution in [2.45, 2.75) is 38.3 Å². The highest BCUT2D eigenvalue weighted by molar-refractivity contribution is 5.95. The van der Waals surface area contributed by atoms with Gasteiger partial charge in [-0.25, -0.2) is 0 Å². The molecule has 0 aromatic heterocycles. The minimum absolute atomic E-state index is 0.0163. The van der Waals surface area contributed by atoms with Gasteiger partial charge in [0, 0.05) is 12.6 Å². The van der Waals surface area contributed by atoms with E-state index in [4.69, 9.17) is 0 Å². The number of piperidine rings is 1. The van der Waals surface area contributed by atoms with Crippen molar-refractivity contribution in [3.63, 3.8) is 0 Å². The van der Waals surface area contributed by atoms with E-state index in [1.807, 2.05) is 4.90 Å². The lowest BCUT2D eigenvalue weighted by molar-refractivity contribution is -0.149. The number of nitrogens with zero attached hydrogens (tertiary/aromatic N) is 2. The summed E-state index contributed by atoms with van der Waals surface area (Å²) < 4.78 is 0. The van der Waals surface area contributed by atoms with Crippen molar-refractivity contribution in [2.24, 2.45) is 11.8 Å². The Balaban J connectivity index is 1.74. The van der Waals surface area contributed by atoms with Crippen molar-refractivity contribution < 1.29 is 9.59 Å². The number of piperazine rings is 1. The van der Waals surface area contributed by atoms with Crippen LogP contribution < -0.4 is 5.32 Å². The van der Waals surface area contributed by atoms with Crippen molar-refractivity contribution in [1.82, 2.24) is 15.1 Å². The number of nitrogens with one attached hydrogen (secondary N) is 1. The summed E-state index contributed by atoms with van der Waals surface area (Å²) in [6.07, 6.45) is 3.13. The van der Waals surface area contributed by atoms with Gasteiger partial charge in [-0.3, -0.25) is 9.59 Å². The summed E-state index contributed by atoms with van der Waals surface area (Å²) in [6, 6.07) is -0.0101. The summed E-state index contributed by atoms with van der Waals surface area (Å²) in [5.74, 6) is 1.00. The first-order chi connectivity index (χ1) is 9.06. The molecule has 3 rings (SSSR count). The molecule has 0 bridgehead atoms. The van der Waals surface area contributed by atoms with E-state index in [1.165, 1.54) is 0 Å². The highest BCUT2D eigenvalue weighted by atomic mass is 16.2. The van der Waals surface area contributed by atoms with Crippen LogP contribution >= 0.6 is 0 Å². The molecule has 3 fully saturated rings. The normalized spacial score (nSPS) is 37.4. The molecule has 106 valence electrons. The minimum atomic E-state index is -0.242. The van der Waals surface area contributed by atoms with Crippen molar-refractivity contribution in [3.8, 4) is 0 Å². The first-order valence-corrected chi connectivity index (χ1v) is 7.34. The maximum atomic E-state index is 12.6. The zero-order valence-electron chi connectivity index (χ0n) is 11.8. The van der Waals surface area contributed by atoms with E-state index in [0.717, 1.165) is 32.4 Å². The maximum absolute atomic E-state index is 12.6. The summed E-state index contributed by atoms with van der Waals surface area (Å²) in [5, 5.41) is 2.88. The molecule has 1 N–H and O–H groups in total. The molecule has 1 aliphatic carbocycles. The second-order valence-electron chi connectivity index (χ2n) is 6.44. The number of carbonyl (C=O) groups is 2. The lowest BCUT2D eigenvalue weighted by atomic mass is 9.91. The van der Waals surface area contributed by atoms with E-state index in [0.29, 0.717) is 11.8 Å². The van der Waals surface area contributed by atoms with Crippen LogP contribution in [-0.4, -0.2) is 60.4 Å². The highest BCUT2D eigenvalue weighted by Crippen LogP contribution is 2.35. The minimum Gasteiger partial charge on any atom is -0.342 e. The van der Waals surface area contributed by atoms with Gasteiger partial charge in [-0.2, -0.15) is 0 Å². The van der Waals surface area contributed by atoms with E-state index >= 15 is 0 Å². The average Bonchev–Trinajstić information content (AvgIpc) is 3.16. The van der Waals surface area contributed by atoms with Crippen LogP contribution in [0.1, 0.15) is 26.2 Å². The van der Waals surface area contributed by atoms with Crippen LogP contribution in [0.5, 0.6) is 0 Å². The molecule has 19 heavy (non-hydrogen) atoms. The standard InChI is InChI=1S/C14H23N3O2/c1-9-7-16(2)6-5-11(9)17-8-12(18)15-13(14(17)19)10-3-4-10/h9-11,13H,3-8H2,1-2H3,(H,15,18). The molecule has 0 aromatic rings. The molecule has 0 aromatic carbocycles. The van der Waals surface area contributed by atoms with Crippen LogP contribution in [0.15, 0.2) is 0 Å². The topological polar surface area (TPSA) is 52.6 Å². The Morgan fingerprint density at radius 3 is 2.58 bits per heavy atom. The monoisotopic (exact) mass is 265 g/mol. The van der Waals surface area contributed by atoms with Gasteiger partial charge in [0.2, 0.25) is 11.8 Å². The Hall–Kier alpha value is -1.10. The number of rotatable bonds is 2. The van der Waals surface area contributed by atoms with Crippen LogP contribution in [0.3, 0.4) is 0 Å². The summed E-state index contributed by atoms with van der Waals surface area (Å²) in [7, 11) is 2.12. The van der Waals surface area contributed by atoms with Gasteiger partial charge in [-0.15, -0.1) is 0 Å². The molecule has 2 saturated heterocycles. The first-order valence-electron chi connectivity index (χ1n) is 7.34. The van der Waals surface area contributed by atoms with Gasteiger partial charge < -0.3 is 15.1 Å². The quantitative estimate of drug-likeness (QED) is 0.768. The molecule has 2 heterocycles. The fourth-order valence-corrected chi connectivity index (χ4v) is 3.53. The number of amides is 2. The van der Waals surface area contributed by atoms with E-state index in [-0.39, 0.29) is 30.4 Å². The predicted octanol–water partition coefficient (Wildman–Crippen LogP) is 0.0636. The number of likely N-dealkylation sites (tertiary alicyclic amines) is 1. The Bertz CT molecular complexity index is 394. The fraction of sp³-hybridized carbons (Fsp3) is 0.857. The summed E-state index contributed by atoms with van der Waals surface area (Å²) in [6.45, 7) is 4.45. The van der Waals surface area contributed by atoms with Crippen LogP contribution in [0.25, 0.3) is 0 Å². The molecular formula is C14H23N3O2. The largest absolute Gasteiger partial charge is 0.342 e. The molecule has 2 amide bonds. The van der Waals surface area contributed by atoms with E-state index in [1.54, 1.807) is 0 Å². The van der Waals surface area contributed by atoms with Gasteiger partial charge >= 0.3 is 0 Å². The second kappa shape index (κ2) is 4.78.